The molecule has 0 amide bonds. The van der Waals surface area contributed by atoms with Crippen molar-refractivity contribution in [1.82, 2.24) is 4.90 Å². The standard InChI is InChI=1S/C20H24FNO3/c1-14(16-7-9-18(21)10-8-16)22(3)12-19(24)13-25-20-6-4-5-17(11-20)15(2)23/h4-11,14,19,24H,12-13H2,1-3H3. The maximum atomic E-state index is 13.0. The number of rotatable bonds is 8. The molecule has 5 heteroatoms. The quantitative estimate of drug-likeness (QED) is 0.745. The van der Waals surface area contributed by atoms with E-state index in [4.69, 9.17) is 4.74 Å². The highest BCUT2D eigenvalue weighted by molar-refractivity contribution is 5.94. The summed E-state index contributed by atoms with van der Waals surface area (Å²) in [6.45, 7) is 4.03. The maximum Gasteiger partial charge on any atom is 0.159 e. The van der Waals surface area contributed by atoms with Crippen LogP contribution >= 0.6 is 0 Å². The number of ether oxygens (including phenoxy) is 1. The second kappa shape index (κ2) is 8.74. The van der Waals surface area contributed by atoms with Crippen molar-refractivity contribution in [2.45, 2.75) is 26.0 Å². The van der Waals surface area contributed by atoms with Crippen LogP contribution in [-0.2, 0) is 0 Å². The van der Waals surface area contributed by atoms with E-state index in [2.05, 4.69) is 0 Å². The Morgan fingerprint density at radius 2 is 1.92 bits per heavy atom. The number of benzene rings is 2. The Kier molecular flexibility index (Phi) is 6.67. The molecule has 2 rings (SSSR count). The van der Waals surface area contributed by atoms with Crippen molar-refractivity contribution in [2.24, 2.45) is 0 Å². The van der Waals surface area contributed by atoms with Gasteiger partial charge in [0.1, 0.15) is 24.3 Å². The van der Waals surface area contributed by atoms with Gasteiger partial charge in [-0.05, 0) is 50.7 Å². The number of halogens is 1. The van der Waals surface area contributed by atoms with Crippen molar-refractivity contribution in [2.75, 3.05) is 20.2 Å². The largest absolute Gasteiger partial charge is 0.491 e. The molecule has 0 radical (unpaired) electrons. The van der Waals surface area contributed by atoms with E-state index in [9.17, 15) is 14.3 Å². The Hall–Kier alpha value is -2.24. The van der Waals surface area contributed by atoms with Gasteiger partial charge < -0.3 is 9.84 Å². The molecule has 0 spiro atoms. The first-order valence-corrected chi connectivity index (χ1v) is 8.24. The van der Waals surface area contributed by atoms with Gasteiger partial charge in [-0.2, -0.15) is 0 Å². The van der Waals surface area contributed by atoms with E-state index in [1.165, 1.54) is 19.1 Å². The molecule has 0 aliphatic rings. The van der Waals surface area contributed by atoms with E-state index in [1.807, 2.05) is 18.9 Å². The van der Waals surface area contributed by atoms with Crippen LogP contribution in [-0.4, -0.2) is 42.1 Å². The van der Waals surface area contributed by atoms with Crippen LogP contribution in [0.4, 0.5) is 4.39 Å². The van der Waals surface area contributed by atoms with E-state index in [0.29, 0.717) is 17.9 Å². The normalized spacial score (nSPS) is 13.5. The van der Waals surface area contributed by atoms with Gasteiger partial charge in [-0.1, -0.05) is 24.3 Å². The predicted octanol–water partition coefficient (Wildman–Crippen LogP) is 3.46. The summed E-state index contributed by atoms with van der Waals surface area (Å²) in [5.41, 5.74) is 1.56. The fraction of sp³-hybridized carbons (Fsp3) is 0.350. The summed E-state index contributed by atoms with van der Waals surface area (Å²) in [6, 6.07) is 13.3. The SMILES string of the molecule is CC(=O)c1cccc(OCC(O)CN(C)C(C)c2ccc(F)cc2)c1. The monoisotopic (exact) mass is 345 g/mol. The average Bonchev–Trinajstić information content (AvgIpc) is 2.60. The van der Waals surface area contributed by atoms with E-state index in [0.717, 1.165) is 5.56 Å². The van der Waals surface area contributed by atoms with Crippen molar-refractivity contribution in [3.8, 4) is 5.75 Å². The van der Waals surface area contributed by atoms with Crippen molar-refractivity contribution in [3.05, 3.63) is 65.5 Å². The zero-order chi connectivity index (χ0) is 18.4. The van der Waals surface area contributed by atoms with Crippen LogP contribution in [0.25, 0.3) is 0 Å². The zero-order valence-corrected chi connectivity index (χ0v) is 14.8. The van der Waals surface area contributed by atoms with Gasteiger partial charge in [-0.25, -0.2) is 4.39 Å². The van der Waals surface area contributed by atoms with Crippen LogP contribution in [0.2, 0.25) is 0 Å². The van der Waals surface area contributed by atoms with Crippen molar-refractivity contribution >= 4 is 5.78 Å². The molecule has 4 nitrogen and oxygen atoms in total. The number of carbonyl (C=O) groups is 1. The maximum absolute atomic E-state index is 13.0. The Morgan fingerprint density at radius 1 is 1.24 bits per heavy atom. The molecule has 2 aromatic rings. The summed E-state index contributed by atoms with van der Waals surface area (Å²) in [6.07, 6.45) is -0.686. The fourth-order valence-corrected chi connectivity index (χ4v) is 2.54. The topological polar surface area (TPSA) is 49.8 Å². The molecule has 0 heterocycles. The lowest BCUT2D eigenvalue weighted by molar-refractivity contribution is 0.0653. The second-order valence-electron chi connectivity index (χ2n) is 6.22. The van der Waals surface area contributed by atoms with Gasteiger partial charge in [0, 0.05) is 18.2 Å². The molecule has 0 aliphatic carbocycles. The summed E-state index contributed by atoms with van der Waals surface area (Å²) in [5.74, 6) is 0.264. The van der Waals surface area contributed by atoms with Crippen LogP contribution in [0.1, 0.15) is 35.8 Å². The number of Topliss-reactive ketones (excluding diaryl/α,β-unsaturated/α-hetero) is 1. The van der Waals surface area contributed by atoms with Gasteiger partial charge in [0.2, 0.25) is 0 Å². The number of hydrogen-bond acceptors (Lipinski definition) is 4. The van der Waals surface area contributed by atoms with E-state index < -0.39 is 6.10 Å². The lowest BCUT2D eigenvalue weighted by atomic mass is 10.1. The molecular weight excluding hydrogens is 321 g/mol. The van der Waals surface area contributed by atoms with Crippen LogP contribution in [0.5, 0.6) is 5.75 Å². The van der Waals surface area contributed by atoms with E-state index >= 15 is 0 Å². The Morgan fingerprint density at radius 3 is 2.56 bits per heavy atom. The molecule has 1 N–H and O–H groups in total. The molecule has 2 atom stereocenters. The molecule has 0 saturated carbocycles. The summed E-state index contributed by atoms with van der Waals surface area (Å²) in [7, 11) is 1.90. The molecule has 2 aromatic carbocycles. The number of hydrogen-bond donors (Lipinski definition) is 1. The minimum atomic E-state index is -0.686. The third-order valence-corrected chi connectivity index (χ3v) is 4.20. The highest BCUT2D eigenvalue weighted by Crippen LogP contribution is 2.19. The molecule has 0 fully saturated rings. The molecular formula is C20H24FNO3. The number of nitrogens with zero attached hydrogens (tertiary/aromatic N) is 1. The Bertz CT molecular complexity index is 702. The van der Waals surface area contributed by atoms with E-state index in [1.54, 1.807) is 36.4 Å². The zero-order valence-electron chi connectivity index (χ0n) is 14.8. The molecule has 0 saturated heterocycles. The second-order valence-corrected chi connectivity index (χ2v) is 6.22. The van der Waals surface area contributed by atoms with Crippen LogP contribution in [0.15, 0.2) is 48.5 Å². The Balaban J connectivity index is 1.86. The number of carbonyl (C=O) groups excluding carboxylic acids is 1. The lowest BCUT2D eigenvalue weighted by Gasteiger charge is -2.27. The van der Waals surface area contributed by atoms with Crippen LogP contribution in [0, 0.1) is 5.82 Å². The van der Waals surface area contributed by atoms with Gasteiger partial charge in [0.15, 0.2) is 5.78 Å². The minimum Gasteiger partial charge on any atom is -0.491 e. The van der Waals surface area contributed by atoms with Gasteiger partial charge in [0.25, 0.3) is 0 Å². The first-order chi connectivity index (χ1) is 11.9. The molecule has 0 aliphatic heterocycles. The first-order valence-electron chi connectivity index (χ1n) is 8.24. The minimum absolute atomic E-state index is 0.0288. The van der Waals surface area contributed by atoms with Gasteiger partial charge in [-0.3, -0.25) is 9.69 Å². The number of ketones is 1. The Labute approximate surface area is 147 Å². The molecule has 0 bridgehead atoms. The average molecular weight is 345 g/mol. The summed E-state index contributed by atoms with van der Waals surface area (Å²) in [5, 5.41) is 10.2. The van der Waals surface area contributed by atoms with Gasteiger partial charge in [0.05, 0.1) is 0 Å². The number of aliphatic hydroxyl groups excluding tert-OH is 1. The van der Waals surface area contributed by atoms with Crippen molar-refractivity contribution < 1.29 is 19.0 Å². The fourth-order valence-electron chi connectivity index (χ4n) is 2.54. The van der Waals surface area contributed by atoms with E-state index in [-0.39, 0.29) is 24.2 Å². The van der Waals surface area contributed by atoms with Crippen molar-refractivity contribution in [1.29, 1.82) is 0 Å². The smallest absolute Gasteiger partial charge is 0.159 e. The highest BCUT2D eigenvalue weighted by atomic mass is 19.1. The summed E-state index contributed by atoms with van der Waals surface area (Å²) in [4.78, 5) is 13.4. The van der Waals surface area contributed by atoms with Crippen molar-refractivity contribution in [3.63, 3.8) is 0 Å². The van der Waals surface area contributed by atoms with Gasteiger partial charge >= 0.3 is 0 Å². The third kappa shape index (κ3) is 5.66. The third-order valence-electron chi connectivity index (χ3n) is 4.20. The molecule has 0 aromatic heterocycles. The lowest BCUT2D eigenvalue weighted by Crippen LogP contribution is -2.34. The first kappa shape index (κ1) is 19.1. The van der Waals surface area contributed by atoms with Crippen LogP contribution < -0.4 is 4.74 Å². The summed E-state index contributed by atoms with van der Waals surface area (Å²) >= 11 is 0. The molecule has 134 valence electrons. The number of likely N-dealkylation sites (N-methyl/N-ethyl adjacent to an activating group) is 1. The molecule has 25 heavy (non-hydrogen) atoms. The molecule has 2 unspecified atom stereocenters. The number of aliphatic hydroxyl groups is 1. The highest BCUT2D eigenvalue weighted by Gasteiger charge is 2.16. The summed E-state index contributed by atoms with van der Waals surface area (Å²) < 4.78 is 18.6. The van der Waals surface area contributed by atoms with Crippen LogP contribution in [0.3, 0.4) is 0 Å². The van der Waals surface area contributed by atoms with Gasteiger partial charge in [-0.15, -0.1) is 0 Å². The predicted molar refractivity (Wildman–Crippen MR) is 95.4 cm³/mol.